The number of aryl methyl sites for hydroxylation is 1. The van der Waals surface area contributed by atoms with Crippen LogP contribution in [0.2, 0.25) is 0 Å². The van der Waals surface area contributed by atoms with Crippen LogP contribution in [-0.2, 0) is 6.42 Å². The highest BCUT2D eigenvalue weighted by molar-refractivity contribution is 5.37. The second-order valence-corrected chi connectivity index (χ2v) is 8.96. The van der Waals surface area contributed by atoms with Crippen molar-refractivity contribution in [2.75, 3.05) is 0 Å². The summed E-state index contributed by atoms with van der Waals surface area (Å²) in [5.74, 6) is 10.0. The van der Waals surface area contributed by atoms with Crippen molar-refractivity contribution in [3.05, 3.63) is 35.1 Å². The van der Waals surface area contributed by atoms with Gasteiger partial charge in [-0.05, 0) is 80.4 Å². The molecule has 1 aromatic carbocycles. The molecule has 1 aromatic rings. The lowest BCUT2D eigenvalue weighted by Gasteiger charge is -2.37. The van der Waals surface area contributed by atoms with E-state index < -0.39 is 0 Å². The van der Waals surface area contributed by atoms with Crippen LogP contribution in [0.15, 0.2) is 18.2 Å². The average Bonchev–Trinajstić information content (AvgIpc) is 2.71. The van der Waals surface area contributed by atoms with Crippen LogP contribution in [-0.4, -0.2) is 0 Å². The van der Waals surface area contributed by atoms with Gasteiger partial charge in [0.2, 0.25) is 0 Å². The van der Waals surface area contributed by atoms with E-state index in [1.165, 1.54) is 70.6 Å². The first-order chi connectivity index (χ1) is 13.2. The van der Waals surface area contributed by atoms with Gasteiger partial charge in [0.05, 0.1) is 0 Å². The van der Waals surface area contributed by atoms with Gasteiger partial charge in [0, 0.05) is 11.5 Å². The maximum absolute atomic E-state index is 13.9. The molecule has 0 radical (unpaired) electrons. The van der Waals surface area contributed by atoms with E-state index in [2.05, 4.69) is 18.8 Å². The Morgan fingerprint density at radius 2 is 1.59 bits per heavy atom. The van der Waals surface area contributed by atoms with Crippen LogP contribution < -0.4 is 0 Å². The topological polar surface area (TPSA) is 0 Å². The lowest BCUT2D eigenvalue weighted by Crippen LogP contribution is -2.25. The monoisotopic (exact) mass is 368 g/mol. The molecule has 0 N–H and O–H groups in total. The summed E-state index contributed by atoms with van der Waals surface area (Å²) < 4.78 is 13.9. The Bertz CT molecular complexity index is 634. The van der Waals surface area contributed by atoms with E-state index in [0.717, 1.165) is 35.3 Å². The lowest BCUT2D eigenvalue weighted by molar-refractivity contribution is 0.153. The van der Waals surface area contributed by atoms with Crippen molar-refractivity contribution in [3.8, 4) is 11.8 Å². The van der Waals surface area contributed by atoms with Crippen molar-refractivity contribution in [1.29, 1.82) is 0 Å². The zero-order chi connectivity index (χ0) is 19.1. The predicted octanol–water partition coefficient (Wildman–Crippen LogP) is 7.54. The third kappa shape index (κ3) is 5.84. The maximum atomic E-state index is 13.9. The van der Waals surface area contributed by atoms with Gasteiger partial charge in [-0.2, -0.15) is 0 Å². The SMILES string of the molecule is CCCCC1CCC(C2CCC(C#Cc3ccc(CC)c(F)c3)CC2)CC1. The molecule has 148 valence electrons. The molecular weight excluding hydrogens is 331 g/mol. The molecule has 0 bridgehead atoms. The van der Waals surface area contributed by atoms with Gasteiger partial charge >= 0.3 is 0 Å². The van der Waals surface area contributed by atoms with Gasteiger partial charge in [-0.15, -0.1) is 0 Å². The van der Waals surface area contributed by atoms with Crippen molar-refractivity contribution in [3.63, 3.8) is 0 Å². The Morgan fingerprint density at radius 3 is 2.19 bits per heavy atom. The summed E-state index contributed by atoms with van der Waals surface area (Å²) in [5, 5.41) is 0. The molecule has 0 aliphatic heterocycles. The zero-order valence-corrected chi connectivity index (χ0v) is 17.4. The predicted molar refractivity (Wildman–Crippen MR) is 113 cm³/mol. The molecule has 2 aliphatic rings. The van der Waals surface area contributed by atoms with Gasteiger partial charge in [-0.1, -0.05) is 63.9 Å². The number of hydrogen-bond acceptors (Lipinski definition) is 0. The van der Waals surface area contributed by atoms with Crippen LogP contribution in [0, 0.1) is 41.3 Å². The molecule has 2 fully saturated rings. The summed E-state index contributed by atoms with van der Waals surface area (Å²) >= 11 is 0. The van der Waals surface area contributed by atoms with Crippen molar-refractivity contribution in [2.45, 2.75) is 90.9 Å². The molecule has 27 heavy (non-hydrogen) atoms. The molecule has 0 spiro atoms. The van der Waals surface area contributed by atoms with Gasteiger partial charge in [-0.3, -0.25) is 0 Å². The van der Waals surface area contributed by atoms with E-state index in [0.29, 0.717) is 5.92 Å². The highest BCUT2D eigenvalue weighted by atomic mass is 19.1. The first-order valence-corrected chi connectivity index (χ1v) is 11.5. The van der Waals surface area contributed by atoms with E-state index >= 15 is 0 Å². The number of hydrogen-bond donors (Lipinski definition) is 0. The van der Waals surface area contributed by atoms with E-state index in [1.54, 1.807) is 6.07 Å². The maximum Gasteiger partial charge on any atom is 0.127 e. The molecule has 0 atom stereocenters. The van der Waals surface area contributed by atoms with Crippen molar-refractivity contribution in [1.82, 2.24) is 0 Å². The van der Waals surface area contributed by atoms with Crippen LogP contribution in [0.5, 0.6) is 0 Å². The second kappa shape index (κ2) is 10.3. The summed E-state index contributed by atoms with van der Waals surface area (Å²) in [6.45, 7) is 4.30. The van der Waals surface area contributed by atoms with Gasteiger partial charge in [0.25, 0.3) is 0 Å². The molecule has 1 heteroatoms. The molecule has 2 aliphatic carbocycles. The van der Waals surface area contributed by atoms with Crippen molar-refractivity contribution >= 4 is 0 Å². The Balaban J connectivity index is 1.44. The van der Waals surface area contributed by atoms with E-state index in [1.807, 2.05) is 19.1 Å². The summed E-state index contributed by atoms with van der Waals surface area (Å²) in [6, 6.07) is 5.46. The fourth-order valence-corrected chi connectivity index (χ4v) is 5.27. The number of rotatable bonds is 5. The fourth-order valence-electron chi connectivity index (χ4n) is 5.27. The normalized spacial score (nSPS) is 28.4. The minimum Gasteiger partial charge on any atom is -0.207 e. The number of benzene rings is 1. The highest BCUT2D eigenvalue weighted by Gasteiger charge is 2.30. The van der Waals surface area contributed by atoms with Crippen LogP contribution in [0.25, 0.3) is 0 Å². The van der Waals surface area contributed by atoms with Gasteiger partial charge in [0.15, 0.2) is 0 Å². The Labute approximate surface area is 166 Å². The Morgan fingerprint density at radius 1 is 0.926 bits per heavy atom. The Hall–Kier alpha value is -1.29. The third-order valence-corrected chi connectivity index (χ3v) is 7.15. The average molecular weight is 369 g/mol. The minimum atomic E-state index is -0.109. The summed E-state index contributed by atoms with van der Waals surface area (Å²) in [7, 11) is 0. The molecule has 3 rings (SSSR count). The van der Waals surface area contributed by atoms with Crippen LogP contribution in [0.1, 0.15) is 95.6 Å². The molecular formula is C26H37F. The molecule has 2 saturated carbocycles. The molecule has 0 aromatic heterocycles. The van der Waals surface area contributed by atoms with Crippen LogP contribution in [0.3, 0.4) is 0 Å². The molecule has 0 saturated heterocycles. The molecule has 0 nitrogen and oxygen atoms in total. The Kier molecular flexibility index (Phi) is 7.81. The fraction of sp³-hybridized carbons (Fsp3) is 0.692. The molecule has 0 heterocycles. The van der Waals surface area contributed by atoms with Gasteiger partial charge in [-0.25, -0.2) is 4.39 Å². The second-order valence-electron chi connectivity index (χ2n) is 8.96. The number of unbranched alkanes of at least 4 members (excludes halogenated alkanes) is 1. The summed E-state index contributed by atoms with van der Waals surface area (Å²) in [5.41, 5.74) is 1.61. The van der Waals surface area contributed by atoms with E-state index in [9.17, 15) is 4.39 Å². The first-order valence-electron chi connectivity index (χ1n) is 11.5. The van der Waals surface area contributed by atoms with Gasteiger partial charge in [0.1, 0.15) is 5.82 Å². The molecule has 0 unspecified atom stereocenters. The van der Waals surface area contributed by atoms with Crippen molar-refractivity contribution in [2.24, 2.45) is 23.7 Å². The van der Waals surface area contributed by atoms with Crippen LogP contribution >= 0.6 is 0 Å². The standard InChI is InChI=1S/C26H37F/c1-3-5-6-20-9-15-24(16-10-20)25-17-11-21(12-18-25)7-8-22-13-14-23(4-2)26(27)19-22/h13-14,19-21,24-25H,3-6,9-12,15-18H2,1-2H3. The van der Waals surface area contributed by atoms with Crippen molar-refractivity contribution < 1.29 is 4.39 Å². The minimum absolute atomic E-state index is 0.109. The summed E-state index contributed by atoms with van der Waals surface area (Å²) in [6.07, 6.45) is 16.1. The van der Waals surface area contributed by atoms with Crippen LogP contribution in [0.4, 0.5) is 4.39 Å². The largest absolute Gasteiger partial charge is 0.207 e. The molecule has 0 amide bonds. The summed E-state index contributed by atoms with van der Waals surface area (Å²) in [4.78, 5) is 0. The lowest BCUT2D eigenvalue weighted by atomic mass is 9.69. The first kappa shape index (κ1) is 20.4. The zero-order valence-electron chi connectivity index (χ0n) is 17.4. The highest BCUT2D eigenvalue weighted by Crippen LogP contribution is 2.42. The third-order valence-electron chi connectivity index (χ3n) is 7.15. The van der Waals surface area contributed by atoms with E-state index in [-0.39, 0.29) is 5.82 Å². The quantitative estimate of drug-likeness (QED) is 0.471. The van der Waals surface area contributed by atoms with E-state index in [4.69, 9.17) is 0 Å². The smallest absolute Gasteiger partial charge is 0.127 e. The number of halogens is 1. The van der Waals surface area contributed by atoms with Gasteiger partial charge < -0.3 is 0 Å².